The van der Waals surface area contributed by atoms with Crippen molar-refractivity contribution in [3.8, 4) is 0 Å². The Hall–Kier alpha value is -4.16. The van der Waals surface area contributed by atoms with Gasteiger partial charge in [0.2, 0.25) is 11.8 Å². The summed E-state index contributed by atoms with van der Waals surface area (Å²) < 4.78 is 18.1. The second-order valence-electron chi connectivity index (χ2n) is 12.6. The second kappa shape index (κ2) is 18.1. The first-order chi connectivity index (χ1) is 21.6. The number of carbonyl (C=O) groups is 5. The number of amides is 4. The van der Waals surface area contributed by atoms with Gasteiger partial charge in [0.1, 0.15) is 24.0 Å². The van der Waals surface area contributed by atoms with Gasteiger partial charge in [-0.3, -0.25) is 19.3 Å². The van der Waals surface area contributed by atoms with E-state index < -0.39 is 35.7 Å². The SMILES string of the molecule is CC(C)(C)OC(=O)NCC(=O)N1CCCC1C(N)=O.CCCCCC/C=C\C1CC1C(=O)O.O=C(O)N1Cc2cccc(F)c2C1. The Bertz CT molecular complexity index is 1250. The highest BCUT2D eigenvalue weighted by Crippen LogP contribution is 2.39. The van der Waals surface area contributed by atoms with Crippen LogP contribution in [0.5, 0.6) is 0 Å². The number of aliphatic carboxylic acids is 1. The number of hydrogen-bond acceptors (Lipinski definition) is 6. The van der Waals surface area contributed by atoms with Crippen LogP contribution in [0.1, 0.15) is 90.2 Å². The number of carboxylic acids is 1. The summed E-state index contributed by atoms with van der Waals surface area (Å²) in [6.07, 6.45) is 11.0. The number of fused-ring (bicyclic) bond motifs is 1. The van der Waals surface area contributed by atoms with Crippen LogP contribution in [0, 0.1) is 17.7 Å². The van der Waals surface area contributed by atoms with E-state index in [1.807, 2.05) is 0 Å². The van der Waals surface area contributed by atoms with Gasteiger partial charge in [0.25, 0.3) is 0 Å². The summed E-state index contributed by atoms with van der Waals surface area (Å²) in [7, 11) is 0. The summed E-state index contributed by atoms with van der Waals surface area (Å²) in [4.78, 5) is 58.1. The van der Waals surface area contributed by atoms with Gasteiger partial charge in [-0.15, -0.1) is 0 Å². The molecule has 13 heteroatoms. The molecule has 4 rings (SSSR count). The van der Waals surface area contributed by atoms with Crippen molar-refractivity contribution in [3.63, 3.8) is 0 Å². The van der Waals surface area contributed by atoms with Crippen molar-refractivity contribution in [1.29, 1.82) is 0 Å². The fourth-order valence-electron chi connectivity index (χ4n) is 5.11. The third-order valence-electron chi connectivity index (χ3n) is 7.65. The minimum Gasteiger partial charge on any atom is -0.481 e. The van der Waals surface area contributed by atoms with E-state index in [-0.39, 0.29) is 30.7 Å². The maximum Gasteiger partial charge on any atom is 0.408 e. The molecule has 0 spiro atoms. The van der Waals surface area contributed by atoms with E-state index in [1.165, 1.54) is 41.5 Å². The Morgan fingerprint density at radius 1 is 1.11 bits per heavy atom. The lowest BCUT2D eigenvalue weighted by Gasteiger charge is -2.23. The van der Waals surface area contributed by atoms with E-state index in [1.54, 1.807) is 32.9 Å². The summed E-state index contributed by atoms with van der Waals surface area (Å²) >= 11 is 0. The molecule has 0 radical (unpaired) electrons. The molecule has 0 aromatic heterocycles. The lowest BCUT2D eigenvalue weighted by atomic mass is 10.1. The van der Waals surface area contributed by atoms with Crippen LogP contribution < -0.4 is 11.1 Å². The second-order valence-corrected chi connectivity index (χ2v) is 12.6. The van der Waals surface area contributed by atoms with Crippen molar-refractivity contribution >= 4 is 30.0 Å². The molecule has 46 heavy (non-hydrogen) atoms. The maximum absolute atomic E-state index is 13.1. The van der Waals surface area contributed by atoms with Crippen molar-refractivity contribution in [3.05, 3.63) is 47.3 Å². The van der Waals surface area contributed by atoms with Gasteiger partial charge in [0.15, 0.2) is 0 Å². The van der Waals surface area contributed by atoms with Gasteiger partial charge in [-0.25, -0.2) is 14.0 Å². The van der Waals surface area contributed by atoms with E-state index in [4.69, 9.17) is 20.7 Å². The number of ether oxygens (including phenoxy) is 1. The molecule has 3 atom stereocenters. The molecule has 2 aliphatic heterocycles. The third-order valence-corrected chi connectivity index (χ3v) is 7.65. The van der Waals surface area contributed by atoms with Crippen LogP contribution in [0.25, 0.3) is 0 Å². The van der Waals surface area contributed by atoms with Crippen LogP contribution in [-0.4, -0.2) is 74.7 Å². The van der Waals surface area contributed by atoms with Gasteiger partial charge >= 0.3 is 18.2 Å². The highest BCUT2D eigenvalue weighted by atomic mass is 19.1. The third kappa shape index (κ3) is 13.1. The van der Waals surface area contributed by atoms with Crippen molar-refractivity contribution in [2.45, 2.75) is 104 Å². The summed E-state index contributed by atoms with van der Waals surface area (Å²) in [6, 6.07) is 4.14. The molecule has 5 N–H and O–H groups in total. The van der Waals surface area contributed by atoms with Crippen molar-refractivity contribution in [1.82, 2.24) is 15.1 Å². The maximum atomic E-state index is 13.1. The number of alkyl carbamates (subject to hydrolysis) is 1. The fraction of sp³-hybridized carbons (Fsp3) is 0.606. The molecule has 1 saturated carbocycles. The summed E-state index contributed by atoms with van der Waals surface area (Å²) in [5.41, 5.74) is 5.88. The molecule has 1 aliphatic carbocycles. The lowest BCUT2D eigenvalue weighted by Crippen LogP contribution is -2.48. The van der Waals surface area contributed by atoms with Crippen LogP contribution >= 0.6 is 0 Å². The number of carbonyl (C=O) groups excluding carboxylic acids is 3. The van der Waals surface area contributed by atoms with E-state index >= 15 is 0 Å². The number of hydrogen-bond donors (Lipinski definition) is 4. The van der Waals surface area contributed by atoms with Crippen molar-refractivity contribution in [2.24, 2.45) is 17.6 Å². The lowest BCUT2D eigenvalue weighted by molar-refractivity contribution is -0.138. The van der Waals surface area contributed by atoms with E-state index in [0.717, 1.165) is 24.8 Å². The topological polar surface area (TPSA) is 180 Å². The van der Waals surface area contributed by atoms with Crippen LogP contribution in [0.3, 0.4) is 0 Å². The molecule has 256 valence electrons. The molecular weight excluding hydrogens is 599 g/mol. The average Bonchev–Trinajstić information content (AvgIpc) is 3.36. The Kier molecular flexibility index (Phi) is 15.0. The predicted molar refractivity (Wildman–Crippen MR) is 169 cm³/mol. The first-order valence-electron chi connectivity index (χ1n) is 15.8. The normalized spacial score (nSPS) is 19.7. The monoisotopic (exact) mass is 648 g/mol. The minimum absolute atomic E-state index is 0.0816. The summed E-state index contributed by atoms with van der Waals surface area (Å²) in [5, 5.41) is 19.7. The van der Waals surface area contributed by atoms with Crippen LogP contribution in [0.2, 0.25) is 0 Å². The Labute approximate surface area is 270 Å². The Morgan fingerprint density at radius 3 is 2.39 bits per heavy atom. The van der Waals surface area contributed by atoms with E-state index in [2.05, 4.69) is 24.4 Å². The highest BCUT2D eigenvalue weighted by molar-refractivity contribution is 5.89. The van der Waals surface area contributed by atoms with Gasteiger partial charge in [-0.2, -0.15) is 0 Å². The van der Waals surface area contributed by atoms with Crippen LogP contribution in [0.4, 0.5) is 14.0 Å². The minimum atomic E-state index is -1.00. The van der Waals surface area contributed by atoms with E-state index in [9.17, 15) is 28.4 Å². The fourth-order valence-corrected chi connectivity index (χ4v) is 5.11. The molecule has 1 aromatic rings. The van der Waals surface area contributed by atoms with Gasteiger partial charge in [0, 0.05) is 18.7 Å². The van der Waals surface area contributed by atoms with Gasteiger partial charge < -0.3 is 30.9 Å². The number of halogens is 1. The number of primary amides is 1. The number of rotatable bonds is 10. The standard InChI is InChI=1S/C12H21N3O4.C12H20O2.C9H8FNO2/c1-12(2,3)19-11(18)14-7-9(16)15-6-4-5-8(15)10(13)17;1-2-3-4-5-6-7-8-10-9-11(10)12(13)14;10-8-3-1-2-6-4-11(9(12)13)5-7(6)8/h8H,4-7H2,1-3H3,(H2,13,17)(H,14,18);7-8,10-11H,2-6,9H2,1H3,(H,13,14);1-3H,4-5H2,(H,12,13)/b;8-7-;. The molecule has 2 fully saturated rings. The first-order valence-corrected chi connectivity index (χ1v) is 15.8. The molecule has 3 aliphatic rings. The van der Waals surface area contributed by atoms with Crippen LogP contribution in [0.15, 0.2) is 30.4 Å². The summed E-state index contributed by atoms with van der Waals surface area (Å²) in [5.74, 6) is -1.54. The molecule has 1 saturated heterocycles. The number of likely N-dealkylation sites (tertiary alicyclic amines) is 1. The van der Waals surface area contributed by atoms with Crippen LogP contribution in [-0.2, 0) is 32.2 Å². The zero-order valence-electron chi connectivity index (χ0n) is 27.3. The van der Waals surface area contributed by atoms with Crippen molar-refractivity contribution in [2.75, 3.05) is 13.1 Å². The Morgan fingerprint density at radius 2 is 1.83 bits per heavy atom. The molecule has 12 nitrogen and oxygen atoms in total. The number of nitrogens with one attached hydrogen (secondary N) is 1. The Balaban J connectivity index is 0.000000245. The molecular formula is C33H49FN4O8. The van der Waals surface area contributed by atoms with E-state index in [0.29, 0.717) is 31.0 Å². The molecule has 0 bridgehead atoms. The summed E-state index contributed by atoms with van der Waals surface area (Å²) in [6.45, 7) is 8.16. The average molecular weight is 649 g/mol. The van der Waals surface area contributed by atoms with Gasteiger partial charge in [0.05, 0.1) is 12.5 Å². The first kappa shape index (κ1) is 38.0. The number of allylic oxidation sites excluding steroid dienone is 2. The molecule has 1 aromatic carbocycles. The zero-order valence-corrected chi connectivity index (χ0v) is 27.3. The number of carboxylic acid groups (broad SMARTS) is 2. The van der Waals surface area contributed by atoms with Gasteiger partial charge in [-0.05, 0) is 70.4 Å². The number of benzene rings is 1. The molecule has 3 unspecified atom stereocenters. The van der Waals surface area contributed by atoms with Crippen molar-refractivity contribution < 1.29 is 43.3 Å². The number of nitrogens with two attached hydrogens (primary N) is 1. The molecule has 2 heterocycles. The molecule has 4 amide bonds. The number of unbranched alkanes of at least 4 members (excludes halogenated alkanes) is 4. The predicted octanol–water partition coefficient (Wildman–Crippen LogP) is 5.04. The quantitative estimate of drug-likeness (QED) is 0.201. The largest absolute Gasteiger partial charge is 0.481 e. The van der Waals surface area contributed by atoms with Gasteiger partial charge in [-0.1, -0.05) is 50.5 Å². The smallest absolute Gasteiger partial charge is 0.408 e. The zero-order chi connectivity index (χ0) is 34.4. The number of nitrogens with zero attached hydrogens (tertiary/aromatic N) is 2. The highest BCUT2D eigenvalue weighted by Gasteiger charge is 2.41.